The van der Waals surface area contributed by atoms with E-state index < -0.39 is 23.3 Å². The van der Waals surface area contributed by atoms with Crippen LogP contribution in [0.5, 0.6) is 0 Å². The van der Waals surface area contributed by atoms with Gasteiger partial charge in [-0.15, -0.1) is 0 Å². The van der Waals surface area contributed by atoms with Crippen molar-refractivity contribution in [1.29, 1.82) is 0 Å². The number of alkyl halides is 2. The average molecular weight is 297 g/mol. The summed E-state index contributed by atoms with van der Waals surface area (Å²) in [6, 6.07) is 2.55. The standard InChI is InChI=1S/C10H8BrF3O2/c1-2-16-9(15)10(13,14)6-3-4-8(12)7(11)5-6/h3-5H,2H2,1H3. The Morgan fingerprint density at radius 1 is 1.50 bits per heavy atom. The van der Waals surface area contributed by atoms with Gasteiger partial charge in [0.1, 0.15) is 5.82 Å². The van der Waals surface area contributed by atoms with Crippen LogP contribution in [0, 0.1) is 5.82 Å². The highest BCUT2D eigenvalue weighted by molar-refractivity contribution is 9.10. The number of rotatable bonds is 3. The van der Waals surface area contributed by atoms with E-state index in [1.807, 2.05) is 0 Å². The van der Waals surface area contributed by atoms with Crippen molar-refractivity contribution in [2.24, 2.45) is 0 Å². The van der Waals surface area contributed by atoms with E-state index in [4.69, 9.17) is 0 Å². The second-order valence-electron chi connectivity index (χ2n) is 2.92. The minimum Gasteiger partial charge on any atom is -0.461 e. The van der Waals surface area contributed by atoms with Gasteiger partial charge in [-0.05, 0) is 41.1 Å². The summed E-state index contributed by atoms with van der Waals surface area (Å²) < 4.78 is 43.8. The number of carbonyl (C=O) groups is 1. The maximum atomic E-state index is 13.4. The van der Waals surface area contributed by atoms with Gasteiger partial charge >= 0.3 is 11.9 Å². The zero-order chi connectivity index (χ0) is 12.3. The van der Waals surface area contributed by atoms with Gasteiger partial charge in [0.15, 0.2) is 0 Å². The highest BCUT2D eigenvalue weighted by Gasteiger charge is 2.42. The Morgan fingerprint density at radius 2 is 2.12 bits per heavy atom. The van der Waals surface area contributed by atoms with Gasteiger partial charge in [-0.3, -0.25) is 0 Å². The van der Waals surface area contributed by atoms with E-state index in [1.54, 1.807) is 0 Å². The molecule has 1 aromatic rings. The predicted molar refractivity (Wildman–Crippen MR) is 54.6 cm³/mol. The van der Waals surface area contributed by atoms with Crippen molar-refractivity contribution in [2.75, 3.05) is 6.61 Å². The molecular formula is C10H8BrF3O2. The SMILES string of the molecule is CCOC(=O)C(F)(F)c1ccc(F)c(Br)c1. The van der Waals surface area contributed by atoms with Gasteiger partial charge in [-0.25, -0.2) is 9.18 Å². The Kier molecular flexibility index (Phi) is 3.96. The number of hydrogen-bond acceptors (Lipinski definition) is 2. The van der Waals surface area contributed by atoms with Crippen molar-refractivity contribution in [3.8, 4) is 0 Å². The molecule has 0 fully saturated rings. The summed E-state index contributed by atoms with van der Waals surface area (Å²) in [4.78, 5) is 11.0. The third-order valence-electron chi connectivity index (χ3n) is 1.81. The number of hydrogen-bond donors (Lipinski definition) is 0. The Bertz CT molecular complexity index is 407. The molecule has 0 atom stereocenters. The van der Waals surface area contributed by atoms with E-state index in [0.29, 0.717) is 0 Å². The minimum absolute atomic E-state index is 0.131. The quantitative estimate of drug-likeness (QED) is 0.801. The molecule has 16 heavy (non-hydrogen) atoms. The molecule has 0 aliphatic rings. The molecule has 0 N–H and O–H groups in total. The third kappa shape index (κ3) is 2.55. The number of halogens is 4. The van der Waals surface area contributed by atoms with Crippen LogP contribution in [0.4, 0.5) is 13.2 Å². The number of carbonyl (C=O) groups excluding carboxylic acids is 1. The average Bonchev–Trinajstić information content (AvgIpc) is 2.22. The van der Waals surface area contributed by atoms with Crippen molar-refractivity contribution in [3.63, 3.8) is 0 Å². The normalized spacial score (nSPS) is 11.3. The van der Waals surface area contributed by atoms with Crippen LogP contribution in [0.3, 0.4) is 0 Å². The Morgan fingerprint density at radius 3 is 2.62 bits per heavy atom. The fraction of sp³-hybridized carbons (Fsp3) is 0.300. The maximum absolute atomic E-state index is 13.4. The van der Waals surface area contributed by atoms with Crippen LogP contribution in [-0.2, 0) is 15.5 Å². The van der Waals surface area contributed by atoms with Crippen molar-refractivity contribution in [2.45, 2.75) is 12.8 Å². The molecule has 0 heterocycles. The molecule has 6 heteroatoms. The molecule has 88 valence electrons. The van der Waals surface area contributed by atoms with E-state index in [2.05, 4.69) is 20.7 Å². The first-order valence-electron chi connectivity index (χ1n) is 4.40. The predicted octanol–water partition coefficient (Wildman–Crippen LogP) is 3.24. The lowest BCUT2D eigenvalue weighted by Gasteiger charge is -2.15. The lowest BCUT2D eigenvalue weighted by atomic mass is 10.1. The largest absolute Gasteiger partial charge is 0.461 e. The second kappa shape index (κ2) is 4.86. The third-order valence-corrected chi connectivity index (χ3v) is 2.42. The zero-order valence-corrected chi connectivity index (χ0v) is 9.85. The van der Waals surface area contributed by atoms with Crippen LogP contribution < -0.4 is 0 Å². The summed E-state index contributed by atoms with van der Waals surface area (Å²) >= 11 is 2.77. The number of esters is 1. The van der Waals surface area contributed by atoms with E-state index in [0.717, 1.165) is 18.2 Å². The highest BCUT2D eigenvalue weighted by Crippen LogP contribution is 2.31. The van der Waals surface area contributed by atoms with Crippen molar-refractivity contribution in [3.05, 3.63) is 34.1 Å². The first-order valence-corrected chi connectivity index (χ1v) is 5.19. The van der Waals surface area contributed by atoms with Crippen LogP contribution in [0.25, 0.3) is 0 Å². The summed E-state index contributed by atoms with van der Waals surface area (Å²) in [7, 11) is 0. The fourth-order valence-electron chi connectivity index (χ4n) is 1.03. The Balaban J connectivity index is 3.06. The molecule has 0 saturated carbocycles. The van der Waals surface area contributed by atoms with Gasteiger partial charge in [0.2, 0.25) is 0 Å². The zero-order valence-electron chi connectivity index (χ0n) is 8.27. The molecule has 0 saturated heterocycles. The fourth-order valence-corrected chi connectivity index (χ4v) is 1.41. The number of benzene rings is 1. The van der Waals surface area contributed by atoms with E-state index >= 15 is 0 Å². The van der Waals surface area contributed by atoms with Crippen LogP contribution in [-0.4, -0.2) is 12.6 Å². The van der Waals surface area contributed by atoms with Crippen LogP contribution in [0.15, 0.2) is 22.7 Å². The van der Waals surface area contributed by atoms with Crippen molar-refractivity contribution < 1.29 is 22.7 Å². The smallest absolute Gasteiger partial charge is 0.381 e. The molecule has 0 radical (unpaired) electrons. The van der Waals surface area contributed by atoms with Crippen LogP contribution >= 0.6 is 15.9 Å². The van der Waals surface area contributed by atoms with Gasteiger partial charge in [0.25, 0.3) is 0 Å². The molecule has 0 unspecified atom stereocenters. The van der Waals surface area contributed by atoms with Crippen molar-refractivity contribution in [1.82, 2.24) is 0 Å². The first kappa shape index (κ1) is 13.0. The molecule has 0 spiro atoms. The van der Waals surface area contributed by atoms with E-state index in [1.165, 1.54) is 6.92 Å². The van der Waals surface area contributed by atoms with Gasteiger partial charge in [-0.2, -0.15) is 8.78 Å². The molecule has 0 aliphatic carbocycles. The van der Waals surface area contributed by atoms with Crippen LogP contribution in [0.2, 0.25) is 0 Å². The topological polar surface area (TPSA) is 26.3 Å². The molecule has 0 bridgehead atoms. The summed E-state index contributed by atoms with van der Waals surface area (Å²) in [6.07, 6.45) is 0. The molecule has 2 nitrogen and oxygen atoms in total. The lowest BCUT2D eigenvalue weighted by molar-refractivity contribution is -0.173. The summed E-state index contributed by atoms with van der Waals surface area (Å²) in [5.74, 6) is -6.09. The number of ether oxygens (including phenoxy) is 1. The first-order chi connectivity index (χ1) is 7.39. The highest BCUT2D eigenvalue weighted by atomic mass is 79.9. The Hall–Kier alpha value is -1.04. The lowest BCUT2D eigenvalue weighted by Crippen LogP contribution is -2.28. The van der Waals surface area contributed by atoms with Crippen molar-refractivity contribution >= 4 is 21.9 Å². The molecule has 0 aliphatic heterocycles. The van der Waals surface area contributed by atoms with E-state index in [9.17, 15) is 18.0 Å². The minimum atomic E-state index is -3.77. The molecule has 0 aromatic heterocycles. The molecule has 0 amide bonds. The maximum Gasteiger partial charge on any atom is 0.381 e. The van der Waals surface area contributed by atoms with Gasteiger partial charge in [0.05, 0.1) is 11.1 Å². The monoisotopic (exact) mass is 296 g/mol. The molecule has 1 aromatic carbocycles. The summed E-state index contributed by atoms with van der Waals surface area (Å²) in [6.45, 7) is 1.28. The summed E-state index contributed by atoms with van der Waals surface area (Å²) in [5.41, 5.74) is -0.612. The summed E-state index contributed by atoms with van der Waals surface area (Å²) in [5, 5.41) is 0. The van der Waals surface area contributed by atoms with E-state index in [-0.39, 0.29) is 11.1 Å². The van der Waals surface area contributed by atoms with Gasteiger partial charge < -0.3 is 4.74 Å². The molecule has 1 rings (SSSR count). The van der Waals surface area contributed by atoms with Gasteiger partial charge in [0, 0.05) is 5.56 Å². The van der Waals surface area contributed by atoms with Gasteiger partial charge in [-0.1, -0.05) is 0 Å². The van der Waals surface area contributed by atoms with Crippen LogP contribution in [0.1, 0.15) is 12.5 Å². The molecular weight excluding hydrogens is 289 g/mol. The second-order valence-corrected chi connectivity index (χ2v) is 3.78. The Labute approximate surface area is 98.5 Å².